The van der Waals surface area contributed by atoms with Crippen molar-refractivity contribution >= 4 is 5.91 Å². The molecule has 14 heavy (non-hydrogen) atoms. The lowest BCUT2D eigenvalue weighted by molar-refractivity contribution is -0.123. The van der Waals surface area contributed by atoms with Gasteiger partial charge in [-0.2, -0.15) is 0 Å². The van der Waals surface area contributed by atoms with Crippen molar-refractivity contribution in [2.24, 2.45) is 17.6 Å². The van der Waals surface area contributed by atoms with Gasteiger partial charge in [0.05, 0.1) is 5.92 Å². The minimum absolute atomic E-state index is 0.0531. The van der Waals surface area contributed by atoms with Crippen LogP contribution in [0.15, 0.2) is 0 Å². The van der Waals surface area contributed by atoms with Gasteiger partial charge in [-0.15, -0.1) is 0 Å². The van der Waals surface area contributed by atoms with Crippen molar-refractivity contribution in [3.8, 4) is 0 Å². The third-order valence-corrected chi connectivity index (χ3v) is 3.21. The fraction of sp³-hybridized carbons (Fsp3) is 0.909. The Bertz CT molecular complexity index is 213. The van der Waals surface area contributed by atoms with E-state index >= 15 is 0 Å². The quantitative estimate of drug-likeness (QED) is 0.741. The van der Waals surface area contributed by atoms with E-state index < -0.39 is 0 Å². The highest BCUT2D eigenvalue weighted by atomic mass is 16.1. The topological polar surface area (TPSA) is 46.3 Å². The van der Waals surface area contributed by atoms with Crippen molar-refractivity contribution in [3.63, 3.8) is 0 Å². The summed E-state index contributed by atoms with van der Waals surface area (Å²) in [6.45, 7) is 9.70. The van der Waals surface area contributed by atoms with Crippen LogP contribution in [0, 0.1) is 11.8 Å². The Kier molecular flexibility index (Phi) is 3.53. The summed E-state index contributed by atoms with van der Waals surface area (Å²) in [5.74, 6) is 0.418. The molecular weight excluding hydrogens is 176 g/mol. The van der Waals surface area contributed by atoms with Gasteiger partial charge in [0.15, 0.2) is 0 Å². The molecule has 82 valence electrons. The van der Waals surface area contributed by atoms with Crippen molar-refractivity contribution < 1.29 is 4.79 Å². The smallest absolute Gasteiger partial charge is 0.222 e. The molecule has 2 N–H and O–H groups in total. The summed E-state index contributed by atoms with van der Waals surface area (Å²) < 4.78 is 0. The predicted octanol–water partition coefficient (Wildman–Crippen LogP) is 1.23. The van der Waals surface area contributed by atoms with Gasteiger partial charge < -0.3 is 5.73 Å². The molecule has 0 aromatic carbocycles. The normalized spacial score (nSPS) is 29.0. The standard InChI is InChI=1S/C11H22N2O/c1-7(2)10-9(11(12)14)5-6-13(10)8(3)4/h7-10H,5-6H2,1-4H3,(H2,12,14). The Morgan fingerprint density at radius 2 is 1.93 bits per heavy atom. The van der Waals surface area contributed by atoms with Crippen LogP contribution in [0.25, 0.3) is 0 Å². The molecule has 0 aliphatic carbocycles. The van der Waals surface area contributed by atoms with E-state index in [4.69, 9.17) is 5.73 Å². The van der Waals surface area contributed by atoms with Crippen molar-refractivity contribution in [2.75, 3.05) is 6.54 Å². The maximum atomic E-state index is 11.3. The van der Waals surface area contributed by atoms with Crippen molar-refractivity contribution in [1.82, 2.24) is 4.90 Å². The second-order valence-corrected chi connectivity index (χ2v) is 4.86. The average Bonchev–Trinajstić information content (AvgIpc) is 2.46. The molecule has 1 aliphatic heterocycles. The molecule has 2 unspecified atom stereocenters. The second-order valence-electron chi connectivity index (χ2n) is 4.86. The van der Waals surface area contributed by atoms with Crippen LogP contribution in [0.3, 0.4) is 0 Å². The fourth-order valence-corrected chi connectivity index (χ4v) is 2.60. The van der Waals surface area contributed by atoms with E-state index in [1.54, 1.807) is 0 Å². The van der Waals surface area contributed by atoms with Crippen LogP contribution in [0.1, 0.15) is 34.1 Å². The van der Waals surface area contributed by atoms with Crippen molar-refractivity contribution in [3.05, 3.63) is 0 Å². The minimum atomic E-state index is -0.133. The van der Waals surface area contributed by atoms with E-state index in [0.29, 0.717) is 18.0 Å². The maximum Gasteiger partial charge on any atom is 0.222 e. The Morgan fingerprint density at radius 3 is 2.29 bits per heavy atom. The van der Waals surface area contributed by atoms with Gasteiger partial charge in [-0.05, 0) is 32.7 Å². The zero-order valence-electron chi connectivity index (χ0n) is 9.66. The first-order valence-corrected chi connectivity index (χ1v) is 5.50. The lowest BCUT2D eigenvalue weighted by Gasteiger charge is -2.33. The van der Waals surface area contributed by atoms with E-state index in [0.717, 1.165) is 13.0 Å². The summed E-state index contributed by atoms with van der Waals surface area (Å²) in [6.07, 6.45) is 0.927. The van der Waals surface area contributed by atoms with Crippen LogP contribution in [0.2, 0.25) is 0 Å². The third-order valence-electron chi connectivity index (χ3n) is 3.21. The number of amides is 1. The van der Waals surface area contributed by atoms with Crippen molar-refractivity contribution in [1.29, 1.82) is 0 Å². The molecular formula is C11H22N2O. The number of nitrogens with zero attached hydrogens (tertiary/aromatic N) is 1. The lowest BCUT2D eigenvalue weighted by Crippen LogP contribution is -2.44. The van der Waals surface area contributed by atoms with E-state index in [-0.39, 0.29) is 11.8 Å². The van der Waals surface area contributed by atoms with Crippen LogP contribution >= 0.6 is 0 Å². The average molecular weight is 198 g/mol. The minimum Gasteiger partial charge on any atom is -0.369 e. The number of primary amides is 1. The molecule has 0 bridgehead atoms. The molecule has 0 aromatic heterocycles. The van der Waals surface area contributed by atoms with Crippen LogP contribution in [0.4, 0.5) is 0 Å². The first kappa shape index (κ1) is 11.5. The molecule has 3 nitrogen and oxygen atoms in total. The molecule has 3 heteroatoms. The first-order valence-electron chi connectivity index (χ1n) is 5.50. The number of hydrogen-bond donors (Lipinski definition) is 1. The Morgan fingerprint density at radius 1 is 1.36 bits per heavy atom. The molecule has 0 spiro atoms. The van der Waals surface area contributed by atoms with E-state index in [1.165, 1.54) is 0 Å². The number of carbonyl (C=O) groups is 1. The first-order chi connectivity index (χ1) is 6.45. The van der Waals surface area contributed by atoms with Gasteiger partial charge in [-0.3, -0.25) is 9.69 Å². The zero-order chi connectivity index (χ0) is 10.9. The molecule has 0 radical (unpaired) electrons. The molecule has 1 amide bonds. The molecule has 2 atom stereocenters. The third kappa shape index (κ3) is 2.08. The summed E-state index contributed by atoms with van der Waals surface area (Å²) in [4.78, 5) is 13.7. The van der Waals surface area contributed by atoms with E-state index in [1.807, 2.05) is 0 Å². The summed E-state index contributed by atoms with van der Waals surface area (Å²) in [5.41, 5.74) is 5.42. The number of nitrogens with two attached hydrogens (primary N) is 1. The van der Waals surface area contributed by atoms with Gasteiger partial charge in [0.1, 0.15) is 0 Å². The number of rotatable bonds is 3. The fourth-order valence-electron chi connectivity index (χ4n) is 2.60. The molecule has 0 saturated carbocycles. The summed E-state index contributed by atoms with van der Waals surface area (Å²) in [5, 5.41) is 0. The molecule has 1 rings (SSSR count). The number of likely N-dealkylation sites (tertiary alicyclic amines) is 1. The highest BCUT2D eigenvalue weighted by molar-refractivity contribution is 5.77. The SMILES string of the molecule is CC(C)C1C(C(N)=O)CCN1C(C)C. The molecule has 0 aromatic rings. The highest BCUT2D eigenvalue weighted by Gasteiger charge is 2.40. The highest BCUT2D eigenvalue weighted by Crippen LogP contribution is 2.30. The molecule has 1 heterocycles. The van der Waals surface area contributed by atoms with Gasteiger partial charge in [0.25, 0.3) is 0 Å². The maximum absolute atomic E-state index is 11.3. The van der Waals surface area contributed by atoms with Crippen LogP contribution < -0.4 is 5.73 Å². The molecule has 1 aliphatic rings. The Labute approximate surface area is 86.6 Å². The number of hydrogen-bond acceptors (Lipinski definition) is 2. The Balaban J connectivity index is 2.79. The van der Waals surface area contributed by atoms with Crippen LogP contribution in [-0.4, -0.2) is 29.4 Å². The van der Waals surface area contributed by atoms with Gasteiger partial charge in [-0.1, -0.05) is 13.8 Å². The van der Waals surface area contributed by atoms with E-state index in [2.05, 4.69) is 32.6 Å². The van der Waals surface area contributed by atoms with Gasteiger partial charge >= 0.3 is 0 Å². The van der Waals surface area contributed by atoms with Gasteiger partial charge in [-0.25, -0.2) is 0 Å². The lowest BCUT2D eigenvalue weighted by atomic mass is 9.90. The van der Waals surface area contributed by atoms with Gasteiger partial charge in [0, 0.05) is 12.1 Å². The summed E-state index contributed by atoms with van der Waals surface area (Å²) in [6, 6.07) is 0.847. The second kappa shape index (κ2) is 4.30. The molecule has 1 saturated heterocycles. The predicted molar refractivity (Wildman–Crippen MR) is 57.8 cm³/mol. The van der Waals surface area contributed by atoms with E-state index in [9.17, 15) is 4.79 Å². The van der Waals surface area contributed by atoms with Crippen molar-refractivity contribution in [2.45, 2.75) is 46.2 Å². The zero-order valence-corrected chi connectivity index (χ0v) is 9.66. The number of carbonyl (C=O) groups excluding carboxylic acids is 1. The summed E-state index contributed by atoms with van der Waals surface area (Å²) >= 11 is 0. The summed E-state index contributed by atoms with van der Waals surface area (Å²) in [7, 11) is 0. The largest absolute Gasteiger partial charge is 0.369 e. The van der Waals surface area contributed by atoms with Gasteiger partial charge in [0.2, 0.25) is 5.91 Å². The monoisotopic (exact) mass is 198 g/mol. The van der Waals surface area contributed by atoms with Crippen LogP contribution in [0.5, 0.6) is 0 Å². The molecule has 1 fully saturated rings. The Hall–Kier alpha value is -0.570. The van der Waals surface area contributed by atoms with Crippen LogP contribution in [-0.2, 0) is 4.79 Å².